The van der Waals surface area contributed by atoms with Crippen LogP contribution in [-0.2, 0) is 19.3 Å². The van der Waals surface area contributed by atoms with Gasteiger partial charge in [0, 0.05) is 0 Å². The van der Waals surface area contributed by atoms with E-state index in [9.17, 15) is 10.2 Å². The average Bonchev–Trinajstić information content (AvgIpc) is 2.65. The molecule has 0 aromatic heterocycles. The maximum atomic E-state index is 9.24. The van der Waals surface area contributed by atoms with Crippen LogP contribution in [0.2, 0.25) is 0 Å². The summed E-state index contributed by atoms with van der Waals surface area (Å²) in [6, 6.07) is 17.4. The van der Waals surface area contributed by atoms with Crippen LogP contribution in [0.25, 0.3) is 0 Å². The van der Waals surface area contributed by atoms with Gasteiger partial charge in [0.1, 0.15) is 0 Å². The molecule has 0 radical (unpaired) electrons. The summed E-state index contributed by atoms with van der Waals surface area (Å²) in [4.78, 5) is 0. The number of aliphatic hydroxyl groups excluding tert-OH is 2. The van der Waals surface area contributed by atoms with Crippen LogP contribution in [0.4, 0.5) is 0 Å². The predicted octanol–water partition coefficient (Wildman–Crippen LogP) is 3.18. The molecule has 0 aliphatic heterocycles. The van der Waals surface area contributed by atoms with Crippen LogP contribution < -0.4 is 5.73 Å². The van der Waals surface area contributed by atoms with E-state index in [2.05, 4.69) is 55.5 Å². The molecule has 0 amide bonds. The predicted molar refractivity (Wildman–Crippen MR) is 104 cm³/mol. The Morgan fingerprint density at radius 2 is 1.12 bits per heavy atom. The first kappa shape index (κ1) is 19.6. The van der Waals surface area contributed by atoms with Gasteiger partial charge in [-0.15, -0.1) is 0 Å². The monoisotopic (exact) mass is 341 g/mol. The van der Waals surface area contributed by atoms with E-state index < -0.39 is 5.54 Å². The first-order valence-electron chi connectivity index (χ1n) is 9.19. The number of unbranched alkanes of at least 4 members (excludes halogenated alkanes) is 1. The van der Waals surface area contributed by atoms with E-state index in [1.165, 1.54) is 35.1 Å². The van der Waals surface area contributed by atoms with Gasteiger partial charge in [0.2, 0.25) is 0 Å². The molecular weight excluding hydrogens is 310 g/mol. The van der Waals surface area contributed by atoms with Crippen molar-refractivity contribution in [2.75, 3.05) is 13.2 Å². The van der Waals surface area contributed by atoms with Crippen molar-refractivity contribution in [3.63, 3.8) is 0 Å². The summed E-state index contributed by atoms with van der Waals surface area (Å²) in [5, 5.41) is 18.5. The van der Waals surface area contributed by atoms with E-state index >= 15 is 0 Å². The van der Waals surface area contributed by atoms with Gasteiger partial charge < -0.3 is 15.9 Å². The SMILES string of the molecule is Cc1ccc(CCCCc2ccc(CCC(N)(CO)CO)cc2)cc1. The zero-order valence-corrected chi connectivity index (χ0v) is 15.2. The van der Waals surface area contributed by atoms with E-state index in [0.29, 0.717) is 6.42 Å². The van der Waals surface area contributed by atoms with Crippen LogP contribution in [-0.4, -0.2) is 29.0 Å². The van der Waals surface area contributed by atoms with Gasteiger partial charge in [-0.25, -0.2) is 0 Å². The lowest BCUT2D eigenvalue weighted by Crippen LogP contribution is -2.47. The number of benzene rings is 2. The van der Waals surface area contributed by atoms with Gasteiger partial charge in [0.15, 0.2) is 0 Å². The molecule has 2 aromatic rings. The molecule has 0 aliphatic rings. The number of nitrogens with two attached hydrogens (primary N) is 1. The van der Waals surface area contributed by atoms with Gasteiger partial charge >= 0.3 is 0 Å². The smallest absolute Gasteiger partial charge is 0.0633 e. The fraction of sp³-hybridized carbons (Fsp3) is 0.455. The summed E-state index contributed by atoms with van der Waals surface area (Å²) in [5.74, 6) is 0. The summed E-state index contributed by atoms with van der Waals surface area (Å²) in [6.07, 6.45) is 5.97. The highest BCUT2D eigenvalue weighted by atomic mass is 16.3. The molecule has 0 heterocycles. The molecule has 0 unspecified atom stereocenters. The Bertz CT molecular complexity index is 615. The van der Waals surface area contributed by atoms with Crippen molar-refractivity contribution >= 4 is 0 Å². The molecule has 0 saturated heterocycles. The maximum absolute atomic E-state index is 9.24. The molecule has 25 heavy (non-hydrogen) atoms. The topological polar surface area (TPSA) is 66.5 Å². The minimum atomic E-state index is -0.880. The zero-order valence-electron chi connectivity index (χ0n) is 15.2. The van der Waals surface area contributed by atoms with E-state index in [1.54, 1.807) is 0 Å². The van der Waals surface area contributed by atoms with Gasteiger partial charge in [-0.05, 0) is 62.1 Å². The molecule has 0 aliphatic carbocycles. The van der Waals surface area contributed by atoms with Crippen molar-refractivity contribution < 1.29 is 10.2 Å². The lowest BCUT2D eigenvalue weighted by atomic mass is 9.93. The third kappa shape index (κ3) is 6.62. The normalized spacial score (nSPS) is 11.7. The van der Waals surface area contributed by atoms with E-state index in [4.69, 9.17) is 5.73 Å². The quantitative estimate of drug-likeness (QED) is 0.582. The summed E-state index contributed by atoms with van der Waals surface area (Å²) in [7, 11) is 0. The van der Waals surface area contributed by atoms with Crippen molar-refractivity contribution in [3.05, 3.63) is 70.8 Å². The van der Waals surface area contributed by atoms with Crippen molar-refractivity contribution in [2.45, 2.75) is 51.0 Å². The molecule has 3 nitrogen and oxygen atoms in total. The number of aryl methyl sites for hydroxylation is 4. The summed E-state index contributed by atoms with van der Waals surface area (Å²) < 4.78 is 0. The van der Waals surface area contributed by atoms with Crippen molar-refractivity contribution in [2.24, 2.45) is 5.73 Å². The molecular formula is C22H31NO2. The second kappa shape index (κ2) is 9.71. The third-order valence-corrected chi connectivity index (χ3v) is 4.87. The highest BCUT2D eigenvalue weighted by Crippen LogP contribution is 2.15. The van der Waals surface area contributed by atoms with Gasteiger partial charge in [0.25, 0.3) is 0 Å². The molecule has 3 heteroatoms. The summed E-state index contributed by atoms with van der Waals surface area (Å²) in [5.41, 5.74) is 10.3. The van der Waals surface area contributed by atoms with Crippen molar-refractivity contribution in [1.82, 2.24) is 0 Å². The molecule has 4 N–H and O–H groups in total. The van der Waals surface area contributed by atoms with Gasteiger partial charge in [-0.1, -0.05) is 54.1 Å². The fourth-order valence-corrected chi connectivity index (χ4v) is 2.89. The highest BCUT2D eigenvalue weighted by Gasteiger charge is 2.22. The zero-order chi connectivity index (χ0) is 18.1. The number of hydrogen-bond donors (Lipinski definition) is 3. The first-order chi connectivity index (χ1) is 12.0. The Labute approximate surface area is 151 Å². The molecule has 0 spiro atoms. The van der Waals surface area contributed by atoms with Gasteiger partial charge in [0.05, 0.1) is 18.8 Å². The van der Waals surface area contributed by atoms with E-state index in [0.717, 1.165) is 19.3 Å². The molecule has 0 fully saturated rings. The largest absolute Gasteiger partial charge is 0.394 e. The Balaban J connectivity index is 1.72. The van der Waals surface area contributed by atoms with Gasteiger partial charge in [-0.2, -0.15) is 0 Å². The second-order valence-corrected chi connectivity index (χ2v) is 7.19. The molecule has 136 valence electrons. The first-order valence-corrected chi connectivity index (χ1v) is 9.19. The molecule has 0 saturated carbocycles. The van der Waals surface area contributed by atoms with Crippen LogP contribution in [0, 0.1) is 6.92 Å². The Morgan fingerprint density at radius 3 is 1.56 bits per heavy atom. The standard InChI is InChI=1S/C22H31NO2/c1-18-6-8-19(9-7-18)4-2-3-5-20-10-12-21(13-11-20)14-15-22(23,16-24)17-25/h6-13,24-25H,2-5,14-17,23H2,1H3. The van der Waals surface area contributed by atoms with Crippen LogP contribution in [0.15, 0.2) is 48.5 Å². The Morgan fingerprint density at radius 1 is 0.720 bits per heavy atom. The van der Waals surface area contributed by atoms with E-state index in [1.807, 2.05) is 0 Å². The van der Waals surface area contributed by atoms with E-state index in [-0.39, 0.29) is 13.2 Å². The minimum Gasteiger partial charge on any atom is -0.394 e. The average molecular weight is 341 g/mol. The number of aliphatic hydroxyl groups is 2. The van der Waals surface area contributed by atoms with Gasteiger partial charge in [-0.3, -0.25) is 0 Å². The lowest BCUT2D eigenvalue weighted by Gasteiger charge is -2.24. The molecule has 2 aromatic carbocycles. The Hall–Kier alpha value is -1.68. The lowest BCUT2D eigenvalue weighted by molar-refractivity contribution is 0.115. The minimum absolute atomic E-state index is 0.192. The van der Waals surface area contributed by atoms with Crippen LogP contribution in [0.5, 0.6) is 0 Å². The molecule has 2 rings (SSSR count). The second-order valence-electron chi connectivity index (χ2n) is 7.19. The van der Waals surface area contributed by atoms with Crippen LogP contribution in [0.1, 0.15) is 41.5 Å². The number of rotatable bonds is 10. The summed E-state index contributed by atoms with van der Waals surface area (Å²) in [6.45, 7) is 1.74. The molecule has 0 atom stereocenters. The molecule has 0 bridgehead atoms. The van der Waals surface area contributed by atoms with Crippen molar-refractivity contribution in [3.8, 4) is 0 Å². The van der Waals surface area contributed by atoms with Crippen molar-refractivity contribution in [1.29, 1.82) is 0 Å². The third-order valence-electron chi connectivity index (χ3n) is 4.87. The summed E-state index contributed by atoms with van der Waals surface area (Å²) >= 11 is 0. The maximum Gasteiger partial charge on any atom is 0.0633 e. The highest BCUT2D eigenvalue weighted by molar-refractivity contribution is 5.23. The van der Waals surface area contributed by atoms with Crippen LogP contribution in [0.3, 0.4) is 0 Å². The fourth-order valence-electron chi connectivity index (χ4n) is 2.89. The van der Waals surface area contributed by atoms with Crippen LogP contribution >= 0.6 is 0 Å². The Kier molecular flexibility index (Phi) is 7.63. The number of hydrogen-bond acceptors (Lipinski definition) is 3.